The number of rotatable bonds is 5. The molecule has 0 atom stereocenters. The predicted octanol–water partition coefficient (Wildman–Crippen LogP) is 3.32. The number of nitrogens with zero attached hydrogens (tertiary/aromatic N) is 3. The smallest absolute Gasteiger partial charge is 0.146 e. The van der Waals surface area contributed by atoms with E-state index in [4.69, 9.17) is 9.72 Å². The number of aromatic nitrogens is 1. The summed E-state index contributed by atoms with van der Waals surface area (Å²) in [5, 5.41) is 13.3. The average molecular weight is 362 g/mol. The van der Waals surface area contributed by atoms with Crippen molar-refractivity contribution in [3.05, 3.63) is 52.6 Å². The molecule has 1 aromatic heterocycles. The number of benzene rings is 1. The Kier molecular flexibility index (Phi) is 5.55. The summed E-state index contributed by atoms with van der Waals surface area (Å²) in [7, 11) is 0. The molecule has 5 heteroatoms. The number of anilines is 2. The van der Waals surface area contributed by atoms with Gasteiger partial charge in [0, 0.05) is 19.6 Å². The van der Waals surface area contributed by atoms with Gasteiger partial charge >= 0.3 is 0 Å². The van der Waals surface area contributed by atoms with E-state index in [1.165, 1.54) is 23.1 Å². The highest BCUT2D eigenvalue weighted by Crippen LogP contribution is 2.35. The number of nitriles is 1. The number of fused-ring (bicyclic) bond motifs is 1. The first-order valence-corrected chi connectivity index (χ1v) is 9.93. The summed E-state index contributed by atoms with van der Waals surface area (Å²) in [5.74, 6) is 1.81. The highest BCUT2D eigenvalue weighted by molar-refractivity contribution is 5.67. The zero-order chi connectivity index (χ0) is 18.5. The van der Waals surface area contributed by atoms with Gasteiger partial charge in [0.15, 0.2) is 0 Å². The minimum atomic E-state index is 0.743. The van der Waals surface area contributed by atoms with Crippen molar-refractivity contribution in [1.82, 2.24) is 4.98 Å². The van der Waals surface area contributed by atoms with E-state index in [0.717, 1.165) is 75.7 Å². The van der Waals surface area contributed by atoms with E-state index >= 15 is 0 Å². The van der Waals surface area contributed by atoms with Gasteiger partial charge in [-0.25, -0.2) is 4.98 Å². The zero-order valence-corrected chi connectivity index (χ0v) is 15.7. The van der Waals surface area contributed by atoms with Gasteiger partial charge in [-0.15, -0.1) is 0 Å². The fourth-order valence-electron chi connectivity index (χ4n) is 4.06. The molecule has 2 aromatic rings. The van der Waals surface area contributed by atoms with E-state index in [1.54, 1.807) is 0 Å². The third kappa shape index (κ3) is 3.91. The highest BCUT2D eigenvalue weighted by Gasteiger charge is 2.25. The lowest BCUT2D eigenvalue weighted by molar-refractivity contribution is 0.122. The van der Waals surface area contributed by atoms with Crippen LogP contribution < -0.4 is 10.2 Å². The molecule has 2 aliphatic rings. The van der Waals surface area contributed by atoms with Gasteiger partial charge in [-0.05, 0) is 48.8 Å². The van der Waals surface area contributed by atoms with Crippen LogP contribution in [0.15, 0.2) is 30.3 Å². The summed E-state index contributed by atoms with van der Waals surface area (Å²) in [6, 6.07) is 12.8. The van der Waals surface area contributed by atoms with Crippen LogP contribution in [0.25, 0.3) is 0 Å². The Balaban J connectivity index is 1.62. The van der Waals surface area contributed by atoms with Crippen molar-refractivity contribution in [2.75, 3.05) is 43.1 Å². The first-order valence-electron chi connectivity index (χ1n) is 9.93. The van der Waals surface area contributed by atoms with Crippen molar-refractivity contribution >= 4 is 11.6 Å². The zero-order valence-electron chi connectivity index (χ0n) is 15.7. The van der Waals surface area contributed by atoms with Crippen molar-refractivity contribution < 1.29 is 4.74 Å². The van der Waals surface area contributed by atoms with E-state index in [0.29, 0.717) is 0 Å². The molecule has 1 fully saturated rings. The van der Waals surface area contributed by atoms with Crippen molar-refractivity contribution in [3.8, 4) is 6.07 Å². The normalized spacial score (nSPS) is 16.5. The third-order valence-electron chi connectivity index (χ3n) is 5.47. The third-order valence-corrected chi connectivity index (χ3v) is 5.47. The maximum absolute atomic E-state index is 9.83. The second kappa shape index (κ2) is 8.41. The largest absolute Gasteiger partial charge is 0.378 e. The average Bonchev–Trinajstić information content (AvgIpc) is 2.74. The van der Waals surface area contributed by atoms with Crippen LogP contribution in [0.1, 0.15) is 35.1 Å². The van der Waals surface area contributed by atoms with Crippen LogP contribution in [0.2, 0.25) is 0 Å². The van der Waals surface area contributed by atoms with Crippen molar-refractivity contribution in [2.45, 2.75) is 32.1 Å². The number of morpholine rings is 1. The van der Waals surface area contributed by atoms with Gasteiger partial charge in [0.1, 0.15) is 17.7 Å². The number of hydrogen-bond donors (Lipinski definition) is 1. The molecular formula is C22H26N4O. The van der Waals surface area contributed by atoms with Crippen LogP contribution in [0, 0.1) is 11.3 Å². The second-order valence-corrected chi connectivity index (χ2v) is 7.20. The maximum atomic E-state index is 9.83. The summed E-state index contributed by atoms with van der Waals surface area (Å²) in [4.78, 5) is 7.28. The number of pyridine rings is 1. The van der Waals surface area contributed by atoms with Crippen molar-refractivity contribution in [3.63, 3.8) is 0 Å². The number of hydrogen-bond acceptors (Lipinski definition) is 5. The molecule has 1 aliphatic heterocycles. The van der Waals surface area contributed by atoms with Crippen LogP contribution in [-0.2, 0) is 24.0 Å². The molecule has 27 heavy (non-hydrogen) atoms. The molecular weight excluding hydrogens is 336 g/mol. The predicted molar refractivity (Wildman–Crippen MR) is 107 cm³/mol. The van der Waals surface area contributed by atoms with Crippen LogP contribution in [0.5, 0.6) is 0 Å². The lowest BCUT2D eigenvalue weighted by atomic mass is 9.88. The Morgan fingerprint density at radius 3 is 2.56 bits per heavy atom. The first-order chi connectivity index (χ1) is 13.4. The molecule has 0 radical (unpaired) electrons. The molecule has 1 N–H and O–H groups in total. The van der Waals surface area contributed by atoms with Gasteiger partial charge in [-0.1, -0.05) is 30.3 Å². The minimum absolute atomic E-state index is 0.743. The molecule has 0 unspecified atom stereocenters. The molecule has 4 rings (SSSR count). The standard InChI is InChI=1S/C22H26N4O/c23-16-20-18-8-4-5-9-19(18)22(26-12-14-27-15-13-26)25-21(20)24-11-10-17-6-2-1-3-7-17/h1-3,6-7H,4-5,8-15H2,(H,24,25). The van der Waals surface area contributed by atoms with Gasteiger partial charge in [0.2, 0.25) is 0 Å². The minimum Gasteiger partial charge on any atom is -0.378 e. The summed E-state index contributed by atoms with van der Waals surface area (Å²) in [6.45, 7) is 4.00. The van der Waals surface area contributed by atoms with Crippen LogP contribution in [0.4, 0.5) is 11.6 Å². The van der Waals surface area contributed by atoms with Crippen LogP contribution in [0.3, 0.4) is 0 Å². The van der Waals surface area contributed by atoms with Gasteiger partial charge in [0.25, 0.3) is 0 Å². The van der Waals surface area contributed by atoms with Crippen LogP contribution in [-0.4, -0.2) is 37.8 Å². The van der Waals surface area contributed by atoms with Crippen molar-refractivity contribution in [2.24, 2.45) is 0 Å². The quantitative estimate of drug-likeness (QED) is 0.884. The van der Waals surface area contributed by atoms with E-state index in [1.807, 2.05) is 6.07 Å². The monoisotopic (exact) mass is 362 g/mol. The summed E-state index contributed by atoms with van der Waals surface area (Å²) in [5.41, 5.74) is 4.53. The highest BCUT2D eigenvalue weighted by atomic mass is 16.5. The molecule has 5 nitrogen and oxygen atoms in total. The Morgan fingerprint density at radius 1 is 1.07 bits per heavy atom. The number of ether oxygens (including phenoxy) is 1. The maximum Gasteiger partial charge on any atom is 0.146 e. The topological polar surface area (TPSA) is 61.2 Å². The Hall–Kier alpha value is -2.58. The van der Waals surface area contributed by atoms with Crippen LogP contribution >= 0.6 is 0 Å². The second-order valence-electron chi connectivity index (χ2n) is 7.20. The van der Waals surface area contributed by atoms with E-state index in [-0.39, 0.29) is 0 Å². The summed E-state index contributed by atoms with van der Waals surface area (Å²) < 4.78 is 5.52. The fourth-order valence-corrected chi connectivity index (χ4v) is 4.06. The molecule has 1 aliphatic carbocycles. The van der Waals surface area contributed by atoms with E-state index in [2.05, 4.69) is 40.6 Å². The number of nitrogens with one attached hydrogen (secondary N) is 1. The summed E-state index contributed by atoms with van der Waals surface area (Å²) in [6.07, 6.45) is 5.24. The fraction of sp³-hybridized carbons (Fsp3) is 0.455. The first kappa shape index (κ1) is 17.8. The van der Waals surface area contributed by atoms with Gasteiger partial charge in [0.05, 0.1) is 18.8 Å². The Morgan fingerprint density at radius 2 is 1.81 bits per heavy atom. The molecule has 1 aromatic carbocycles. The molecule has 2 heterocycles. The molecule has 1 saturated heterocycles. The molecule has 140 valence electrons. The molecule has 0 amide bonds. The van der Waals surface area contributed by atoms with E-state index < -0.39 is 0 Å². The Labute approximate surface area is 161 Å². The van der Waals surface area contributed by atoms with Gasteiger partial charge in [-0.3, -0.25) is 0 Å². The lowest BCUT2D eigenvalue weighted by Crippen LogP contribution is -2.38. The van der Waals surface area contributed by atoms with Gasteiger partial charge < -0.3 is 15.0 Å². The molecule has 0 saturated carbocycles. The molecule has 0 spiro atoms. The van der Waals surface area contributed by atoms with E-state index in [9.17, 15) is 5.26 Å². The van der Waals surface area contributed by atoms with Gasteiger partial charge in [-0.2, -0.15) is 5.26 Å². The van der Waals surface area contributed by atoms with Crippen molar-refractivity contribution in [1.29, 1.82) is 5.26 Å². The Bertz CT molecular complexity index is 822. The lowest BCUT2D eigenvalue weighted by Gasteiger charge is -2.32. The summed E-state index contributed by atoms with van der Waals surface area (Å²) >= 11 is 0. The SMILES string of the molecule is N#Cc1c(NCCc2ccccc2)nc(N2CCOCC2)c2c1CCCC2. The molecule has 0 bridgehead atoms.